The number of phenols is 1. The van der Waals surface area contributed by atoms with Gasteiger partial charge >= 0.3 is 0 Å². The Hall–Kier alpha value is -2.28. The number of carbonyl (C=O) groups is 2. The molecular formula is C10H10N2O5. The number of amides is 1. The second kappa shape index (κ2) is 5.71. The Balaban J connectivity index is 2.74. The molecule has 90 valence electrons. The van der Waals surface area contributed by atoms with Gasteiger partial charge in [0.05, 0.1) is 0 Å². The van der Waals surface area contributed by atoms with Crippen LogP contribution in [0.3, 0.4) is 0 Å². The normalized spacial score (nSPS) is 11.6. The number of nitroso groups, excluding NO2 is 1. The quantitative estimate of drug-likeness (QED) is 0.300. The molecule has 0 bridgehead atoms. The van der Waals surface area contributed by atoms with Gasteiger partial charge in [0.2, 0.25) is 0 Å². The van der Waals surface area contributed by atoms with Crippen molar-refractivity contribution in [3.05, 3.63) is 34.7 Å². The number of hydrogen-bond donors (Lipinski definition) is 3. The zero-order valence-electron chi connectivity index (χ0n) is 8.66. The van der Waals surface area contributed by atoms with Gasteiger partial charge in [0.25, 0.3) is 5.91 Å². The second-order valence-corrected chi connectivity index (χ2v) is 3.27. The van der Waals surface area contributed by atoms with E-state index in [2.05, 4.69) is 5.18 Å². The van der Waals surface area contributed by atoms with Gasteiger partial charge < -0.3 is 5.11 Å². The summed E-state index contributed by atoms with van der Waals surface area (Å²) in [4.78, 5) is 32.8. The molecule has 17 heavy (non-hydrogen) atoms. The minimum Gasteiger partial charge on any atom is -0.508 e. The number of hydroxylamine groups is 1. The third kappa shape index (κ3) is 3.35. The van der Waals surface area contributed by atoms with Crippen LogP contribution in [-0.2, 0) is 4.79 Å². The van der Waals surface area contributed by atoms with Crippen molar-refractivity contribution in [2.24, 2.45) is 5.18 Å². The van der Waals surface area contributed by atoms with E-state index in [1.165, 1.54) is 29.7 Å². The van der Waals surface area contributed by atoms with Gasteiger partial charge in [-0.1, -0.05) is 5.18 Å². The predicted octanol–water partition coefficient (Wildman–Crippen LogP) is 0.605. The van der Waals surface area contributed by atoms with Gasteiger partial charge in [0.15, 0.2) is 11.8 Å². The summed E-state index contributed by atoms with van der Waals surface area (Å²) in [6.07, 6.45) is -0.444. The number of hydrogen-bond acceptors (Lipinski definition) is 6. The van der Waals surface area contributed by atoms with Gasteiger partial charge in [0, 0.05) is 12.0 Å². The highest BCUT2D eigenvalue weighted by atomic mass is 16.5. The lowest BCUT2D eigenvalue weighted by Gasteiger charge is -2.05. The molecule has 0 radical (unpaired) electrons. The Kier molecular flexibility index (Phi) is 4.29. The third-order valence-corrected chi connectivity index (χ3v) is 2.11. The lowest BCUT2D eigenvalue weighted by molar-refractivity contribution is -0.130. The molecule has 1 atom stereocenters. The second-order valence-electron chi connectivity index (χ2n) is 3.27. The highest BCUT2D eigenvalue weighted by molar-refractivity contribution is 5.99. The topological polar surface area (TPSA) is 116 Å². The monoisotopic (exact) mass is 238 g/mol. The van der Waals surface area contributed by atoms with Gasteiger partial charge in [-0.15, -0.1) is 4.91 Å². The maximum absolute atomic E-state index is 11.6. The number of nitrogens with zero attached hydrogens (tertiary/aromatic N) is 1. The van der Waals surface area contributed by atoms with E-state index in [4.69, 9.17) is 10.3 Å². The van der Waals surface area contributed by atoms with Crippen LogP contribution in [0.25, 0.3) is 0 Å². The zero-order valence-corrected chi connectivity index (χ0v) is 8.66. The number of ketones is 1. The molecule has 0 saturated carbocycles. The van der Waals surface area contributed by atoms with Crippen molar-refractivity contribution in [3.63, 3.8) is 0 Å². The van der Waals surface area contributed by atoms with E-state index in [0.717, 1.165) is 0 Å². The van der Waals surface area contributed by atoms with Crippen LogP contribution in [-0.4, -0.2) is 28.0 Å². The summed E-state index contributed by atoms with van der Waals surface area (Å²) in [5.74, 6) is -1.52. The molecule has 3 N–H and O–H groups in total. The molecule has 7 nitrogen and oxygen atoms in total. The van der Waals surface area contributed by atoms with Crippen LogP contribution in [0.5, 0.6) is 5.75 Å². The summed E-state index contributed by atoms with van der Waals surface area (Å²) in [5.41, 5.74) is 1.50. The first-order valence-electron chi connectivity index (χ1n) is 4.67. The Morgan fingerprint density at radius 2 is 1.88 bits per heavy atom. The molecule has 0 spiro atoms. The van der Waals surface area contributed by atoms with Crippen molar-refractivity contribution in [2.75, 3.05) is 0 Å². The molecule has 1 rings (SSSR count). The highest BCUT2D eigenvalue weighted by Crippen LogP contribution is 2.13. The molecule has 0 aliphatic heterocycles. The van der Waals surface area contributed by atoms with E-state index in [-0.39, 0.29) is 11.3 Å². The summed E-state index contributed by atoms with van der Waals surface area (Å²) < 4.78 is 0. The minimum atomic E-state index is -1.47. The first-order chi connectivity index (χ1) is 8.08. The fraction of sp³-hybridized carbons (Fsp3) is 0.200. The molecule has 0 heterocycles. The van der Waals surface area contributed by atoms with Crippen molar-refractivity contribution in [3.8, 4) is 5.75 Å². The van der Waals surface area contributed by atoms with Crippen molar-refractivity contribution >= 4 is 11.7 Å². The zero-order chi connectivity index (χ0) is 12.8. The van der Waals surface area contributed by atoms with Crippen molar-refractivity contribution in [2.45, 2.75) is 12.5 Å². The van der Waals surface area contributed by atoms with Crippen LogP contribution in [0.4, 0.5) is 0 Å². The first kappa shape index (κ1) is 12.8. The fourth-order valence-corrected chi connectivity index (χ4v) is 1.19. The maximum Gasteiger partial charge on any atom is 0.272 e. The summed E-state index contributed by atoms with van der Waals surface area (Å²) in [6, 6.07) is 3.86. The average molecular weight is 238 g/mol. The largest absolute Gasteiger partial charge is 0.508 e. The number of nitrogens with one attached hydrogen (secondary N) is 1. The highest BCUT2D eigenvalue weighted by Gasteiger charge is 2.23. The van der Waals surface area contributed by atoms with E-state index < -0.39 is 24.2 Å². The average Bonchev–Trinajstić information content (AvgIpc) is 2.35. The van der Waals surface area contributed by atoms with E-state index >= 15 is 0 Å². The van der Waals surface area contributed by atoms with Crippen molar-refractivity contribution < 1.29 is 19.9 Å². The molecule has 0 unspecified atom stereocenters. The molecule has 0 aliphatic carbocycles. The molecular weight excluding hydrogens is 228 g/mol. The Bertz CT molecular complexity index is 429. The molecule has 1 aromatic carbocycles. The Morgan fingerprint density at radius 3 is 2.35 bits per heavy atom. The molecule has 1 aromatic rings. The summed E-state index contributed by atoms with van der Waals surface area (Å²) >= 11 is 0. The molecule has 0 aromatic heterocycles. The fourth-order valence-electron chi connectivity index (χ4n) is 1.19. The van der Waals surface area contributed by atoms with Crippen LogP contribution in [0.2, 0.25) is 0 Å². The van der Waals surface area contributed by atoms with Gasteiger partial charge in [-0.2, -0.15) is 0 Å². The van der Waals surface area contributed by atoms with E-state index in [1.807, 2.05) is 0 Å². The Labute approximate surface area is 96.0 Å². The van der Waals surface area contributed by atoms with E-state index in [1.54, 1.807) is 0 Å². The lowest BCUT2D eigenvalue weighted by Crippen LogP contribution is -2.32. The van der Waals surface area contributed by atoms with Crippen LogP contribution in [0.1, 0.15) is 16.8 Å². The predicted molar refractivity (Wildman–Crippen MR) is 56.6 cm³/mol. The first-order valence-corrected chi connectivity index (χ1v) is 4.67. The number of Topliss-reactive ketones (excluding diaryl/α,β-unsaturated/α-hetero) is 1. The standard InChI is InChI=1S/C10H10N2O5/c13-7-3-1-6(2-4-7)9(14)5-8(11-16)10(15)12-17/h1-4,8,13,17H,5H2,(H,12,15)/t8-/m0/s1. The molecule has 0 saturated heterocycles. The van der Waals surface area contributed by atoms with Crippen molar-refractivity contribution in [1.29, 1.82) is 0 Å². The van der Waals surface area contributed by atoms with Gasteiger partial charge in [-0.3, -0.25) is 14.8 Å². The number of aromatic hydroxyl groups is 1. The van der Waals surface area contributed by atoms with Gasteiger partial charge in [-0.05, 0) is 24.3 Å². The van der Waals surface area contributed by atoms with Crippen LogP contribution in [0, 0.1) is 4.91 Å². The van der Waals surface area contributed by atoms with Crippen LogP contribution in [0.15, 0.2) is 29.4 Å². The summed E-state index contributed by atoms with van der Waals surface area (Å²) in [7, 11) is 0. The van der Waals surface area contributed by atoms with Crippen molar-refractivity contribution in [1.82, 2.24) is 5.48 Å². The SMILES string of the molecule is O=N[C@@H](CC(=O)c1ccc(O)cc1)C(=O)NO. The third-order valence-electron chi connectivity index (χ3n) is 2.11. The molecule has 1 amide bonds. The number of phenolic OH excluding ortho intramolecular Hbond substituents is 1. The van der Waals surface area contributed by atoms with Gasteiger partial charge in [0.1, 0.15) is 5.75 Å². The molecule has 0 aliphatic rings. The minimum absolute atomic E-state index is 0.000265. The number of benzene rings is 1. The van der Waals surface area contributed by atoms with Crippen LogP contribution < -0.4 is 5.48 Å². The number of carbonyl (C=O) groups excluding carboxylic acids is 2. The maximum atomic E-state index is 11.6. The molecule has 0 fully saturated rings. The van der Waals surface area contributed by atoms with Gasteiger partial charge in [-0.25, -0.2) is 5.48 Å². The van der Waals surface area contributed by atoms with E-state index in [9.17, 15) is 14.5 Å². The lowest BCUT2D eigenvalue weighted by atomic mass is 10.0. The van der Waals surface area contributed by atoms with Crippen LogP contribution >= 0.6 is 0 Å². The summed E-state index contributed by atoms with van der Waals surface area (Å²) in [5, 5.41) is 19.8. The molecule has 7 heteroatoms. The number of rotatable bonds is 5. The Morgan fingerprint density at radius 1 is 1.29 bits per heavy atom. The smallest absolute Gasteiger partial charge is 0.272 e. The van der Waals surface area contributed by atoms with E-state index in [0.29, 0.717) is 0 Å². The summed E-state index contributed by atoms with van der Waals surface area (Å²) in [6.45, 7) is 0.